The second-order valence-corrected chi connectivity index (χ2v) is 8.17. The molecular formula is C14H26N2O2S2. The van der Waals surface area contributed by atoms with Crippen LogP contribution in [0.2, 0.25) is 0 Å². The zero-order chi connectivity index (χ0) is 14.0. The van der Waals surface area contributed by atoms with Gasteiger partial charge in [0.15, 0.2) is 0 Å². The first-order valence-corrected chi connectivity index (χ1v) is 10.1. The first-order valence-electron chi connectivity index (χ1n) is 7.69. The largest absolute Gasteiger partial charge is 0.379 e. The zero-order valence-electron chi connectivity index (χ0n) is 12.1. The monoisotopic (exact) mass is 318 g/mol. The summed E-state index contributed by atoms with van der Waals surface area (Å²) in [4.78, 5) is 14.1. The van der Waals surface area contributed by atoms with Crippen molar-refractivity contribution in [2.24, 2.45) is 0 Å². The predicted molar refractivity (Wildman–Crippen MR) is 87.2 cm³/mol. The summed E-state index contributed by atoms with van der Waals surface area (Å²) >= 11 is 0. The van der Waals surface area contributed by atoms with Crippen LogP contribution in [0.5, 0.6) is 0 Å². The van der Waals surface area contributed by atoms with E-state index in [9.17, 15) is 4.79 Å². The molecular weight excluding hydrogens is 292 g/mol. The Balaban J connectivity index is 1.41. The van der Waals surface area contributed by atoms with Gasteiger partial charge in [-0.3, -0.25) is 9.69 Å². The number of rotatable bonds is 8. The summed E-state index contributed by atoms with van der Waals surface area (Å²) in [6.07, 6.45) is 5.54. The Morgan fingerprint density at radius 3 is 2.90 bits per heavy atom. The molecule has 6 heteroatoms. The van der Waals surface area contributed by atoms with Gasteiger partial charge in [0.25, 0.3) is 0 Å². The molecule has 20 heavy (non-hydrogen) atoms. The van der Waals surface area contributed by atoms with Gasteiger partial charge < -0.3 is 10.1 Å². The van der Waals surface area contributed by atoms with Gasteiger partial charge in [-0.15, -0.1) is 0 Å². The van der Waals surface area contributed by atoms with E-state index in [4.69, 9.17) is 4.74 Å². The summed E-state index contributed by atoms with van der Waals surface area (Å²) < 4.78 is 5.30. The summed E-state index contributed by atoms with van der Waals surface area (Å²) in [7, 11) is 4.03. The lowest BCUT2D eigenvalue weighted by atomic mass is 10.1. The van der Waals surface area contributed by atoms with Gasteiger partial charge in [0, 0.05) is 43.6 Å². The molecule has 1 amide bonds. The van der Waals surface area contributed by atoms with Crippen molar-refractivity contribution in [1.29, 1.82) is 0 Å². The highest BCUT2D eigenvalue weighted by molar-refractivity contribution is 8.77. The van der Waals surface area contributed by atoms with Crippen LogP contribution in [0.3, 0.4) is 0 Å². The van der Waals surface area contributed by atoms with Crippen LogP contribution in [0, 0.1) is 0 Å². The van der Waals surface area contributed by atoms with Crippen molar-refractivity contribution < 1.29 is 9.53 Å². The SMILES string of the molecule is O=C(CCCC[C@@H]1CCSS1)NCCN1CCOCC1. The van der Waals surface area contributed by atoms with Crippen molar-refractivity contribution >= 4 is 27.5 Å². The van der Waals surface area contributed by atoms with E-state index in [2.05, 4.69) is 10.2 Å². The van der Waals surface area contributed by atoms with Crippen LogP contribution in [0.4, 0.5) is 0 Å². The fourth-order valence-electron chi connectivity index (χ4n) is 2.49. The smallest absolute Gasteiger partial charge is 0.220 e. The lowest BCUT2D eigenvalue weighted by Crippen LogP contribution is -2.41. The van der Waals surface area contributed by atoms with Crippen LogP contribution in [-0.2, 0) is 9.53 Å². The van der Waals surface area contributed by atoms with E-state index in [1.807, 2.05) is 21.6 Å². The molecule has 0 radical (unpaired) electrons. The second kappa shape index (κ2) is 9.92. The van der Waals surface area contributed by atoms with Crippen LogP contribution in [0.15, 0.2) is 0 Å². The van der Waals surface area contributed by atoms with Gasteiger partial charge in [-0.25, -0.2) is 0 Å². The van der Waals surface area contributed by atoms with Crippen molar-refractivity contribution in [3.8, 4) is 0 Å². The Morgan fingerprint density at radius 2 is 2.15 bits per heavy atom. The number of nitrogens with zero attached hydrogens (tertiary/aromatic N) is 1. The average Bonchev–Trinajstić information content (AvgIpc) is 2.98. The molecule has 2 saturated heterocycles. The Morgan fingerprint density at radius 1 is 1.30 bits per heavy atom. The average molecular weight is 319 g/mol. The lowest BCUT2D eigenvalue weighted by molar-refractivity contribution is -0.121. The van der Waals surface area contributed by atoms with E-state index in [1.54, 1.807) is 0 Å². The third kappa shape index (κ3) is 6.70. The maximum absolute atomic E-state index is 11.7. The normalized spacial score (nSPS) is 23.9. The Hall–Kier alpha value is 0.0900. The number of amides is 1. The van der Waals surface area contributed by atoms with E-state index in [1.165, 1.54) is 25.0 Å². The van der Waals surface area contributed by atoms with Gasteiger partial charge >= 0.3 is 0 Å². The Labute approximate surface area is 130 Å². The molecule has 1 N–H and O–H groups in total. The molecule has 4 nitrogen and oxygen atoms in total. The van der Waals surface area contributed by atoms with Gasteiger partial charge in [0.1, 0.15) is 0 Å². The quantitative estimate of drug-likeness (QED) is 0.549. The number of unbranched alkanes of at least 4 members (excludes halogenated alkanes) is 1. The highest BCUT2D eigenvalue weighted by Gasteiger charge is 2.16. The van der Waals surface area contributed by atoms with Gasteiger partial charge in [0.05, 0.1) is 13.2 Å². The number of carbonyl (C=O) groups is 1. The number of nitrogens with one attached hydrogen (secondary N) is 1. The van der Waals surface area contributed by atoms with Crippen molar-refractivity contribution in [3.05, 3.63) is 0 Å². The minimum Gasteiger partial charge on any atom is -0.379 e. The second-order valence-electron chi connectivity index (χ2n) is 5.38. The van der Waals surface area contributed by atoms with E-state index in [-0.39, 0.29) is 5.91 Å². The highest BCUT2D eigenvalue weighted by atomic mass is 33.1. The summed E-state index contributed by atoms with van der Waals surface area (Å²) in [5.74, 6) is 1.52. The number of ether oxygens (including phenoxy) is 1. The summed E-state index contributed by atoms with van der Waals surface area (Å²) in [6.45, 7) is 5.36. The summed E-state index contributed by atoms with van der Waals surface area (Å²) in [6, 6.07) is 0. The molecule has 0 bridgehead atoms. The maximum Gasteiger partial charge on any atom is 0.220 e. The number of hydrogen-bond donors (Lipinski definition) is 1. The van der Waals surface area contributed by atoms with Crippen molar-refractivity contribution in [1.82, 2.24) is 10.2 Å². The first kappa shape index (κ1) is 16.5. The highest BCUT2D eigenvalue weighted by Crippen LogP contribution is 2.39. The molecule has 0 aromatic carbocycles. The minimum atomic E-state index is 0.215. The maximum atomic E-state index is 11.7. The topological polar surface area (TPSA) is 41.6 Å². The van der Waals surface area contributed by atoms with E-state index in [0.717, 1.165) is 51.1 Å². The molecule has 116 valence electrons. The molecule has 2 rings (SSSR count). The number of carbonyl (C=O) groups excluding carboxylic acids is 1. The minimum absolute atomic E-state index is 0.215. The van der Waals surface area contributed by atoms with E-state index >= 15 is 0 Å². The van der Waals surface area contributed by atoms with Gasteiger partial charge in [-0.05, 0) is 19.3 Å². The fraction of sp³-hybridized carbons (Fsp3) is 0.929. The molecule has 2 aliphatic heterocycles. The van der Waals surface area contributed by atoms with Gasteiger partial charge in [0.2, 0.25) is 5.91 Å². The van der Waals surface area contributed by atoms with Crippen LogP contribution in [-0.4, -0.2) is 61.2 Å². The van der Waals surface area contributed by atoms with Crippen LogP contribution >= 0.6 is 21.6 Å². The predicted octanol–water partition coefficient (Wildman–Crippen LogP) is 2.15. The van der Waals surface area contributed by atoms with Crippen LogP contribution < -0.4 is 5.32 Å². The third-order valence-electron chi connectivity index (χ3n) is 3.76. The third-order valence-corrected chi connectivity index (χ3v) is 6.77. The summed E-state index contributed by atoms with van der Waals surface area (Å²) in [5, 5.41) is 3.87. The molecule has 2 aliphatic rings. The van der Waals surface area contributed by atoms with Gasteiger partial charge in [-0.2, -0.15) is 0 Å². The van der Waals surface area contributed by atoms with E-state index < -0.39 is 0 Å². The molecule has 0 aromatic rings. The molecule has 0 unspecified atom stereocenters. The number of morpholine rings is 1. The molecule has 1 atom stereocenters. The fourth-order valence-corrected chi connectivity index (χ4v) is 5.52. The van der Waals surface area contributed by atoms with Crippen LogP contribution in [0.25, 0.3) is 0 Å². The number of hydrogen-bond acceptors (Lipinski definition) is 5. The molecule has 2 fully saturated rings. The Bertz CT molecular complexity index is 280. The standard InChI is InChI=1S/C14H26N2O2S2/c17-14(4-2-1-3-13-5-12-19-20-13)15-6-7-16-8-10-18-11-9-16/h13H,1-12H2,(H,15,17)/t13-/m1/s1. The molecule has 0 aliphatic carbocycles. The van der Waals surface area contributed by atoms with E-state index in [0.29, 0.717) is 6.42 Å². The molecule has 0 saturated carbocycles. The Kier molecular flexibility index (Phi) is 8.17. The van der Waals surface area contributed by atoms with Crippen molar-refractivity contribution in [2.45, 2.75) is 37.4 Å². The van der Waals surface area contributed by atoms with Crippen molar-refractivity contribution in [2.75, 3.05) is 45.1 Å². The lowest BCUT2D eigenvalue weighted by Gasteiger charge is -2.26. The van der Waals surface area contributed by atoms with Gasteiger partial charge in [-0.1, -0.05) is 28.0 Å². The summed E-state index contributed by atoms with van der Waals surface area (Å²) in [5.41, 5.74) is 0. The molecule has 2 heterocycles. The van der Waals surface area contributed by atoms with Crippen LogP contribution in [0.1, 0.15) is 32.1 Å². The molecule has 0 aromatic heterocycles. The first-order chi connectivity index (χ1) is 9.84. The molecule has 0 spiro atoms. The zero-order valence-corrected chi connectivity index (χ0v) is 13.8. The van der Waals surface area contributed by atoms with Crippen molar-refractivity contribution in [3.63, 3.8) is 0 Å².